The van der Waals surface area contributed by atoms with Gasteiger partial charge in [-0.2, -0.15) is 4.31 Å². The summed E-state index contributed by atoms with van der Waals surface area (Å²) in [6.45, 7) is 7.54. The molecule has 0 saturated carbocycles. The summed E-state index contributed by atoms with van der Waals surface area (Å²) in [7, 11) is -3.61. The van der Waals surface area contributed by atoms with Gasteiger partial charge in [-0.1, -0.05) is 18.9 Å². The van der Waals surface area contributed by atoms with E-state index in [1.165, 1.54) is 0 Å². The van der Waals surface area contributed by atoms with Crippen molar-refractivity contribution in [3.63, 3.8) is 0 Å². The number of hydrogen-bond donors (Lipinski definition) is 2. The second kappa shape index (κ2) is 9.03. The lowest BCUT2D eigenvalue weighted by molar-refractivity contribution is -0.136. The van der Waals surface area contributed by atoms with Gasteiger partial charge < -0.3 is 10.6 Å². The molecule has 0 aromatic heterocycles. The summed E-state index contributed by atoms with van der Waals surface area (Å²) in [6, 6.07) is 4.98. The molecule has 0 atom stereocenters. The Balaban J connectivity index is 1.75. The fourth-order valence-corrected chi connectivity index (χ4v) is 5.74. The normalized spacial score (nSPS) is 21.0. The Morgan fingerprint density at radius 3 is 2.47 bits per heavy atom. The quantitative estimate of drug-likeness (QED) is 0.732. The molecule has 30 heavy (non-hydrogen) atoms. The van der Waals surface area contributed by atoms with Gasteiger partial charge >= 0.3 is 0 Å². The van der Waals surface area contributed by atoms with Crippen LogP contribution in [0.3, 0.4) is 0 Å². The lowest BCUT2D eigenvalue weighted by Crippen LogP contribution is -2.62. The number of carbonyl (C=O) groups excluding carboxylic acids is 2. The minimum absolute atomic E-state index is 0.0580. The summed E-state index contributed by atoms with van der Waals surface area (Å²) in [4.78, 5) is 26.8. The van der Waals surface area contributed by atoms with Gasteiger partial charge in [0.25, 0.3) is 0 Å². The molecule has 0 bridgehead atoms. The number of carbonyl (C=O) groups is 2. The lowest BCUT2D eigenvalue weighted by Gasteiger charge is -2.40. The summed E-state index contributed by atoms with van der Waals surface area (Å²) >= 11 is 0. The Labute approximate surface area is 179 Å². The van der Waals surface area contributed by atoms with Crippen LogP contribution in [0.2, 0.25) is 0 Å². The van der Waals surface area contributed by atoms with E-state index in [9.17, 15) is 18.0 Å². The summed E-state index contributed by atoms with van der Waals surface area (Å²) in [5.41, 5.74) is 0.328. The van der Waals surface area contributed by atoms with E-state index in [0.717, 1.165) is 25.7 Å². The van der Waals surface area contributed by atoms with Crippen LogP contribution in [-0.4, -0.2) is 67.7 Å². The number of nitrogens with one attached hydrogen (secondary N) is 2. The van der Waals surface area contributed by atoms with E-state index in [1.54, 1.807) is 43.3 Å². The molecule has 1 aromatic rings. The SMILES string of the molecule is Cc1ccc(NC(=O)CN2CCNC(=O)C2(C)C)cc1S(=O)(=O)N1CCCCCC1. The molecule has 1 aromatic carbocycles. The van der Waals surface area contributed by atoms with Gasteiger partial charge in [0.1, 0.15) is 0 Å². The fourth-order valence-electron chi connectivity index (χ4n) is 3.97. The van der Waals surface area contributed by atoms with Crippen molar-refractivity contribution in [2.45, 2.75) is 56.9 Å². The number of benzene rings is 1. The average Bonchev–Trinajstić information content (AvgIpc) is 2.97. The van der Waals surface area contributed by atoms with E-state index < -0.39 is 15.6 Å². The molecule has 2 N–H and O–H groups in total. The van der Waals surface area contributed by atoms with Crippen LogP contribution < -0.4 is 10.6 Å². The largest absolute Gasteiger partial charge is 0.353 e. The Kier molecular flexibility index (Phi) is 6.84. The minimum atomic E-state index is -3.61. The highest BCUT2D eigenvalue weighted by molar-refractivity contribution is 7.89. The predicted molar refractivity (Wildman–Crippen MR) is 116 cm³/mol. The van der Waals surface area contributed by atoms with Crippen LogP contribution >= 0.6 is 0 Å². The van der Waals surface area contributed by atoms with Gasteiger partial charge in [0.2, 0.25) is 21.8 Å². The van der Waals surface area contributed by atoms with Crippen molar-refractivity contribution in [1.82, 2.24) is 14.5 Å². The highest BCUT2D eigenvalue weighted by Gasteiger charge is 2.38. The number of piperazine rings is 1. The van der Waals surface area contributed by atoms with Crippen LogP contribution in [0.5, 0.6) is 0 Å². The van der Waals surface area contributed by atoms with Gasteiger partial charge in [0.05, 0.1) is 17.0 Å². The van der Waals surface area contributed by atoms with E-state index in [0.29, 0.717) is 37.4 Å². The third kappa shape index (κ3) is 4.84. The summed E-state index contributed by atoms with van der Waals surface area (Å²) in [6.07, 6.45) is 3.83. The Hall–Kier alpha value is -1.97. The summed E-state index contributed by atoms with van der Waals surface area (Å²) < 4.78 is 28.0. The van der Waals surface area contributed by atoms with Gasteiger partial charge in [-0.15, -0.1) is 0 Å². The van der Waals surface area contributed by atoms with Gasteiger partial charge in [0.15, 0.2) is 0 Å². The first kappa shape index (κ1) is 22.7. The van der Waals surface area contributed by atoms with Crippen molar-refractivity contribution < 1.29 is 18.0 Å². The number of amides is 2. The number of sulfonamides is 1. The van der Waals surface area contributed by atoms with Crippen molar-refractivity contribution in [3.8, 4) is 0 Å². The third-order valence-corrected chi connectivity index (χ3v) is 8.04. The first-order chi connectivity index (χ1) is 14.1. The minimum Gasteiger partial charge on any atom is -0.353 e. The molecule has 166 valence electrons. The zero-order valence-electron chi connectivity index (χ0n) is 18.0. The van der Waals surface area contributed by atoms with Crippen LogP contribution in [0.1, 0.15) is 45.1 Å². The van der Waals surface area contributed by atoms with Crippen molar-refractivity contribution in [1.29, 1.82) is 0 Å². The van der Waals surface area contributed by atoms with E-state index >= 15 is 0 Å². The van der Waals surface area contributed by atoms with Crippen molar-refractivity contribution in [2.75, 3.05) is 38.0 Å². The highest BCUT2D eigenvalue weighted by atomic mass is 32.2. The van der Waals surface area contributed by atoms with Crippen LogP contribution in [0.25, 0.3) is 0 Å². The number of nitrogens with zero attached hydrogens (tertiary/aromatic N) is 2. The number of anilines is 1. The molecular formula is C21H32N4O4S. The van der Waals surface area contributed by atoms with Crippen molar-refractivity contribution >= 4 is 27.5 Å². The number of rotatable bonds is 5. The number of hydrogen-bond acceptors (Lipinski definition) is 5. The lowest BCUT2D eigenvalue weighted by atomic mass is 9.99. The van der Waals surface area contributed by atoms with Crippen LogP contribution in [0.15, 0.2) is 23.1 Å². The molecule has 2 fully saturated rings. The molecule has 8 nitrogen and oxygen atoms in total. The first-order valence-electron chi connectivity index (χ1n) is 10.6. The second-order valence-corrected chi connectivity index (χ2v) is 10.5. The maximum Gasteiger partial charge on any atom is 0.243 e. The third-order valence-electron chi connectivity index (χ3n) is 6.00. The molecule has 0 spiro atoms. The average molecular weight is 437 g/mol. The Bertz CT molecular complexity index is 906. The number of aryl methyl sites for hydroxylation is 1. The van der Waals surface area contributed by atoms with Gasteiger partial charge in [0, 0.05) is 31.9 Å². The molecule has 2 amide bonds. The fraction of sp³-hybridized carbons (Fsp3) is 0.619. The molecule has 2 aliphatic heterocycles. The zero-order valence-corrected chi connectivity index (χ0v) is 18.8. The van der Waals surface area contributed by atoms with Gasteiger partial charge in [-0.05, 0) is 51.3 Å². The molecule has 9 heteroatoms. The standard InChI is InChI=1S/C21H32N4O4S/c1-16-8-9-17(14-18(16)30(28,29)25-11-6-4-5-7-12-25)23-19(26)15-24-13-10-22-20(27)21(24,2)3/h8-9,14H,4-7,10-13,15H2,1-3H3,(H,22,27)(H,23,26). The molecular weight excluding hydrogens is 404 g/mol. The van der Waals surface area contributed by atoms with Crippen LogP contribution in [0.4, 0.5) is 5.69 Å². The van der Waals surface area contributed by atoms with Crippen molar-refractivity contribution in [3.05, 3.63) is 23.8 Å². The highest BCUT2D eigenvalue weighted by Crippen LogP contribution is 2.26. The molecule has 2 saturated heterocycles. The molecule has 0 aliphatic carbocycles. The Morgan fingerprint density at radius 1 is 1.13 bits per heavy atom. The Morgan fingerprint density at radius 2 is 1.80 bits per heavy atom. The van der Waals surface area contributed by atoms with Crippen molar-refractivity contribution in [2.24, 2.45) is 0 Å². The summed E-state index contributed by atoms with van der Waals surface area (Å²) in [5, 5.41) is 5.61. The predicted octanol–water partition coefficient (Wildman–Crippen LogP) is 1.71. The maximum absolute atomic E-state index is 13.2. The molecule has 3 rings (SSSR count). The second-order valence-electron chi connectivity index (χ2n) is 8.58. The smallest absolute Gasteiger partial charge is 0.243 e. The van der Waals surface area contributed by atoms with Gasteiger partial charge in [-0.3, -0.25) is 14.5 Å². The molecule has 2 aliphatic rings. The van der Waals surface area contributed by atoms with Crippen LogP contribution in [0, 0.1) is 6.92 Å². The van der Waals surface area contributed by atoms with Gasteiger partial charge in [-0.25, -0.2) is 8.42 Å². The van der Waals surface area contributed by atoms with E-state index in [2.05, 4.69) is 10.6 Å². The maximum atomic E-state index is 13.2. The molecule has 0 unspecified atom stereocenters. The topological polar surface area (TPSA) is 98.8 Å². The van der Waals surface area contributed by atoms with E-state index in [4.69, 9.17) is 0 Å². The molecule has 2 heterocycles. The zero-order chi connectivity index (χ0) is 21.9. The monoisotopic (exact) mass is 436 g/mol. The van der Waals surface area contributed by atoms with Crippen LogP contribution in [-0.2, 0) is 19.6 Å². The van der Waals surface area contributed by atoms with E-state index in [1.807, 2.05) is 4.90 Å². The molecule has 0 radical (unpaired) electrons. The van der Waals surface area contributed by atoms with E-state index in [-0.39, 0.29) is 23.3 Å². The summed E-state index contributed by atoms with van der Waals surface area (Å²) in [5.74, 6) is -0.387. The first-order valence-corrected chi connectivity index (χ1v) is 12.0.